The summed E-state index contributed by atoms with van der Waals surface area (Å²) in [6.07, 6.45) is 1.37. The highest BCUT2D eigenvalue weighted by Crippen LogP contribution is 2.63. The van der Waals surface area contributed by atoms with Crippen molar-refractivity contribution in [3.05, 3.63) is 94.0 Å². The lowest BCUT2D eigenvalue weighted by molar-refractivity contribution is -0.192. The van der Waals surface area contributed by atoms with Gasteiger partial charge in [-0.15, -0.1) is 0 Å². The molecule has 200 valence electrons. The minimum absolute atomic E-state index is 0.0929. The first-order valence-electron chi connectivity index (χ1n) is 12.9. The van der Waals surface area contributed by atoms with Gasteiger partial charge >= 0.3 is 11.9 Å². The van der Waals surface area contributed by atoms with Gasteiger partial charge in [0.1, 0.15) is 5.75 Å². The van der Waals surface area contributed by atoms with Gasteiger partial charge < -0.3 is 18.9 Å². The molecule has 3 heterocycles. The number of nitrogens with one attached hydrogen (secondary N) is 1. The van der Waals surface area contributed by atoms with E-state index in [0.29, 0.717) is 17.0 Å². The van der Waals surface area contributed by atoms with Crippen molar-refractivity contribution in [2.75, 3.05) is 13.2 Å². The van der Waals surface area contributed by atoms with E-state index < -0.39 is 41.1 Å². The van der Waals surface area contributed by atoms with Crippen LogP contribution in [0.2, 0.25) is 0 Å². The number of esters is 2. The number of carbonyl (C=O) groups is 2. The monoisotopic (exact) mass is 590 g/mol. The standard InChI is InChI=1S/C30H27BrN2O6/c1-3-36-27(34)29(28(35)37-4-2)24(18-10-6-5-7-11-18)25-26(33-29)20-12-8-9-13-23(20)39-30(25)21-16-19(31)14-15-22(21)32-17-38-30/h5-17,24-26,33H,3-4H2,1-2H3/t24-,25-,26-,30+/m1/s1. The molecule has 0 radical (unpaired) electrons. The fraction of sp³-hybridized carbons (Fsp3) is 0.300. The van der Waals surface area contributed by atoms with E-state index in [1.165, 1.54) is 6.40 Å². The molecule has 4 atom stereocenters. The summed E-state index contributed by atoms with van der Waals surface area (Å²) in [6, 6.07) is 22.1. The van der Waals surface area contributed by atoms with Crippen LogP contribution in [-0.2, 0) is 29.6 Å². The lowest BCUT2D eigenvalue weighted by Crippen LogP contribution is -2.60. The molecule has 0 aromatic heterocycles. The number of nitrogens with zero attached hydrogens (tertiary/aromatic N) is 1. The molecule has 6 rings (SSSR count). The minimum Gasteiger partial charge on any atom is -0.464 e. The molecule has 9 heteroatoms. The molecule has 0 amide bonds. The molecular formula is C30H27BrN2O6. The van der Waals surface area contributed by atoms with Crippen molar-refractivity contribution in [1.29, 1.82) is 0 Å². The highest BCUT2D eigenvalue weighted by molar-refractivity contribution is 9.10. The Kier molecular flexibility index (Phi) is 6.43. The summed E-state index contributed by atoms with van der Waals surface area (Å²) in [5, 5.41) is 3.43. The first kappa shape index (κ1) is 25.6. The maximum Gasteiger partial charge on any atom is 0.338 e. The van der Waals surface area contributed by atoms with Crippen molar-refractivity contribution in [2.24, 2.45) is 10.9 Å². The number of fused-ring (bicyclic) bond motifs is 6. The Morgan fingerprint density at radius 1 is 0.974 bits per heavy atom. The normalized spacial score (nSPS) is 25.5. The van der Waals surface area contributed by atoms with Crippen LogP contribution in [0.5, 0.6) is 5.75 Å². The fourth-order valence-electron chi connectivity index (χ4n) is 6.18. The Morgan fingerprint density at radius 2 is 1.67 bits per heavy atom. The van der Waals surface area contributed by atoms with E-state index in [1.54, 1.807) is 13.8 Å². The molecule has 0 saturated carbocycles. The Hall–Kier alpha value is -3.69. The van der Waals surface area contributed by atoms with Crippen LogP contribution < -0.4 is 10.1 Å². The van der Waals surface area contributed by atoms with Crippen LogP contribution in [0, 0.1) is 5.92 Å². The number of rotatable bonds is 5. The molecule has 3 aromatic carbocycles. The number of ether oxygens (including phenoxy) is 4. The molecule has 0 aliphatic carbocycles. The van der Waals surface area contributed by atoms with Gasteiger partial charge in [0.15, 0.2) is 6.40 Å². The summed E-state index contributed by atoms with van der Waals surface area (Å²) < 4.78 is 25.2. The molecule has 3 aromatic rings. The number of hydrogen-bond donors (Lipinski definition) is 1. The van der Waals surface area contributed by atoms with Gasteiger partial charge in [0.05, 0.1) is 30.4 Å². The summed E-state index contributed by atoms with van der Waals surface area (Å²) in [4.78, 5) is 32.5. The van der Waals surface area contributed by atoms with Crippen LogP contribution in [0.1, 0.15) is 42.5 Å². The summed E-state index contributed by atoms with van der Waals surface area (Å²) >= 11 is 3.59. The van der Waals surface area contributed by atoms with Crippen molar-refractivity contribution in [3.8, 4) is 5.75 Å². The van der Waals surface area contributed by atoms with Gasteiger partial charge in [-0.25, -0.2) is 14.6 Å². The number of carbonyl (C=O) groups excluding carboxylic acids is 2. The number of halogens is 1. The summed E-state index contributed by atoms with van der Waals surface area (Å²) in [5.74, 6) is -3.70. The topological polar surface area (TPSA) is 95.5 Å². The second kappa shape index (κ2) is 9.81. The first-order valence-corrected chi connectivity index (χ1v) is 13.7. The van der Waals surface area contributed by atoms with E-state index >= 15 is 0 Å². The first-order chi connectivity index (χ1) is 19.0. The lowest BCUT2D eigenvalue weighted by Gasteiger charge is -2.48. The molecule has 0 bridgehead atoms. The third kappa shape index (κ3) is 3.78. The van der Waals surface area contributed by atoms with Crippen molar-refractivity contribution in [2.45, 2.75) is 37.1 Å². The van der Waals surface area contributed by atoms with E-state index in [2.05, 4.69) is 26.2 Å². The second-order valence-corrected chi connectivity index (χ2v) is 10.5. The number of hydrogen-bond acceptors (Lipinski definition) is 8. The maximum atomic E-state index is 14.0. The van der Waals surface area contributed by atoms with Gasteiger partial charge in [-0.05, 0) is 43.7 Å². The Bertz CT molecular complexity index is 1440. The van der Waals surface area contributed by atoms with Crippen LogP contribution >= 0.6 is 15.9 Å². The van der Waals surface area contributed by atoms with E-state index in [0.717, 1.165) is 15.6 Å². The van der Waals surface area contributed by atoms with Crippen molar-refractivity contribution in [1.82, 2.24) is 5.32 Å². The largest absolute Gasteiger partial charge is 0.464 e. The highest BCUT2D eigenvalue weighted by atomic mass is 79.9. The van der Waals surface area contributed by atoms with Crippen molar-refractivity contribution < 1.29 is 28.5 Å². The molecule has 3 aliphatic heterocycles. The molecule has 8 nitrogen and oxygen atoms in total. The molecule has 0 unspecified atom stereocenters. The van der Waals surface area contributed by atoms with Crippen LogP contribution in [0.4, 0.5) is 5.69 Å². The van der Waals surface area contributed by atoms with Crippen LogP contribution in [0.15, 0.2) is 82.3 Å². The molecule has 1 spiro atoms. The number of para-hydroxylation sites is 1. The van der Waals surface area contributed by atoms with E-state index in [4.69, 9.17) is 18.9 Å². The molecule has 1 N–H and O–H groups in total. The lowest BCUT2D eigenvalue weighted by atomic mass is 9.67. The van der Waals surface area contributed by atoms with Crippen molar-refractivity contribution in [3.63, 3.8) is 0 Å². The zero-order valence-electron chi connectivity index (χ0n) is 21.4. The maximum absolute atomic E-state index is 14.0. The van der Waals surface area contributed by atoms with Gasteiger partial charge in [-0.3, -0.25) is 5.32 Å². The van der Waals surface area contributed by atoms with Crippen LogP contribution in [0.25, 0.3) is 0 Å². The molecule has 1 fully saturated rings. The average molecular weight is 591 g/mol. The zero-order chi connectivity index (χ0) is 27.2. The fourth-order valence-corrected chi connectivity index (χ4v) is 6.54. The Balaban J connectivity index is 1.68. The average Bonchev–Trinajstić information content (AvgIpc) is 3.33. The quantitative estimate of drug-likeness (QED) is 0.318. The minimum atomic E-state index is -1.87. The SMILES string of the molecule is CCOC(=O)C1(C(=O)OCC)N[C@@H]2c3ccccc3O[C@]3(OC=Nc4ccc(Br)cc43)[C@@H]2[C@H]1c1ccccc1. The number of aliphatic imine (C=N–C) groups is 1. The van der Waals surface area contributed by atoms with Crippen LogP contribution in [-0.4, -0.2) is 37.1 Å². The number of benzene rings is 3. The van der Waals surface area contributed by atoms with Crippen molar-refractivity contribution >= 4 is 40.0 Å². The van der Waals surface area contributed by atoms with E-state index in [-0.39, 0.29) is 13.2 Å². The van der Waals surface area contributed by atoms with Gasteiger partial charge in [-0.1, -0.05) is 64.5 Å². The Morgan fingerprint density at radius 3 is 2.38 bits per heavy atom. The van der Waals surface area contributed by atoms with Gasteiger partial charge in [0.25, 0.3) is 5.79 Å². The highest BCUT2D eigenvalue weighted by Gasteiger charge is 2.73. The van der Waals surface area contributed by atoms with Gasteiger partial charge in [0.2, 0.25) is 5.54 Å². The third-order valence-electron chi connectivity index (χ3n) is 7.63. The smallest absolute Gasteiger partial charge is 0.338 e. The predicted molar refractivity (Wildman–Crippen MR) is 147 cm³/mol. The Labute approximate surface area is 234 Å². The molecule has 39 heavy (non-hydrogen) atoms. The predicted octanol–water partition coefficient (Wildman–Crippen LogP) is 5.29. The van der Waals surface area contributed by atoms with Gasteiger partial charge in [0, 0.05) is 22.0 Å². The van der Waals surface area contributed by atoms with E-state index in [1.807, 2.05) is 72.8 Å². The third-order valence-corrected chi connectivity index (χ3v) is 8.12. The molecular weight excluding hydrogens is 564 g/mol. The zero-order valence-corrected chi connectivity index (χ0v) is 23.0. The van der Waals surface area contributed by atoms with Gasteiger partial charge in [-0.2, -0.15) is 0 Å². The summed E-state index contributed by atoms with van der Waals surface area (Å²) in [6.45, 7) is 3.61. The summed E-state index contributed by atoms with van der Waals surface area (Å²) in [7, 11) is 0. The second-order valence-electron chi connectivity index (χ2n) is 9.61. The van der Waals surface area contributed by atoms with Crippen LogP contribution in [0.3, 0.4) is 0 Å². The molecule has 1 saturated heterocycles. The molecule has 3 aliphatic rings. The summed E-state index contributed by atoms with van der Waals surface area (Å²) in [5.41, 5.74) is 1.01. The van der Waals surface area contributed by atoms with E-state index in [9.17, 15) is 9.59 Å².